The highest BCUT2D eigenvalue weighted by Crippen LogP contribution is 2.22. The van der Waals surface area contributed by atoms with Crippen molar-refractivity contribution in [3.8, 4) is 0 Å². The van der Waals surface area contributed by atoms with Gasteiger partial charge in [0, 0.05) is 17.5 Å². The normalized spacial score (nSPS) is 12.3. The molecule has 0 aromatic heterocycles. The third-order valence-corrected chi connectivity index (χ3v) is 3.61. The van der Waals surface area contributed by atoms with E-state index in [0.717, 1.165) is 30.1 Å². The predicted octanol–water partition coefficient (Wildman–Crippen LogP) is 4.41. The topological polar surface area (TPSA) is 12.0 Å². The van der Waals surface area contributed by atoms with Gasteiger partial charge in [-0.15, -0.1) is 0 Å². The molecule has 2 rings (SSSR count). The third-order valence-electron chi connectivity index (χ3n) is 3.35. The molecule has 0 aliphatic carbocycles. The molecule has 0 amide bonds. The highest BCUT2D eigenvalue weighted by Gasteiger charge is 2.12. The second-order valence-electron chi connectivity index (χ2n) is 4.89. The van der Waals surface area contributed by atoms with Crippen molar-refractivity contribution in [1.82, 2.24) is 5.32 Å². The Balaban J connectivity index is 2.16. The van der Waals surface area contributed by atoms with Crippen LogP contribution >= 0.6 is 11.6 Å². The summed E-state index contributed by atoms with van der Waals surface area (Å²) in [5.41, 5.74) is 2.24. The molecule has 0 fully saturated rings. The molecular weight excluding hydrogens is 273 g/mol. The van der Waals surface area contributed by atoms with Crippen molar-refractivity contribution >= 4 is 11.6 Å². The summed E-state index contributed by atoms with van der Waals surface area (Å²) in [6.45, 7) is 3.88. The van der Waals surface area contributed by atoms with Crippen LogP contribution in [0.25, 0.3) is 0 Å². The number of rotatable bonds is 6. The van der Waals surface area contributed by atoms with E-state index in [1.54, 1.807) is 12.1 Å². The first-order chi connectivity index (χ1) is 9.69. The van der Waals surface area contributed by atoms with Gasteiger partial charge in [0.1, 0.15) is 5.82 Å². The molecule has 1 unspecified atom stereocenters. The molecular formula is C17H19ClFN. The Kier molecular flexibility index (Phi) is 5.57. The number of hydrogen-bond donors (Lipinski definition) is 1. The molecule has 1 nitrogen and oxygen atoms in total. The van der Waals surface area contributed by atoms with E-state index in [1.165, 1.54) is 11.6 Å². The maximum absolute atomic E-state index is 13.3. The smallest absolute Gasteiger partial charge is 0.123 e. The lowest BCUT2D eigenvalue weighted by Crippen LogP contribution is -2.22. The van der Waals surface area contributed by atoms with Gasteiger partial charge in [0.25, 0.3) is 0 Å². The molecule has 2 aromatic rings. The van der Waals surface area contributed by atoms with Gasteiger partial charge in [0.05, 0.1) is 0 Å². The van der Waals surface area contributed by atoms with Gasteiger partial charge in [-0.3, -0.25) is 0 Å². The summed E-state index contributed by atoms with van der Waals surface area (Å²) in [4.78, 5) is 0. The minimum atomic E-state index is -0.180. The van der Waals surface area contributed by atoms with Crippen LogP contribution in [0.4, 0.5) is 4.39 Å². The van der Waals surface area contributed by atoms with Crippen molar-refractivity contribution in [2.75, 3.05) is 13.1 Å². The molecule has 1 N–H and O–H groups in total. The monoisotopic (exact) mass is 291 g/mol. The average molecular weight is 292 g/mol. The number of likely N-dealkylation sites (N-methyl/N-ethyl adjacent to an activating group) is 1. The Morgan fingerprint density at radius 3 is 2.55 bits per heavy atom. The molecule has 0 heterocycles. The standard InChI is InChI=1S/C17H19ClFN/c1-2-20-12-15(14-6-8-16(18)9-7-14)10-13-4-3-5-17(19)11-13/h3-9,11,15,20H,2,10,12H2,1H3. The minimum Gasteiger partial charge on any atom is -0.316 e. The van der Waals surface area contributed by atoms with Crippen LogP contribution in [0.5, 0.6) is 0 Å². The molecule has 20 heavy (non-hydrogen) atoms. The van der Waals surface area contributed by atoms with Crippen LogP contribution in [0, 0.1) is 5.82 Å². The number of halogens is 2. The van der Waals surface area contributed by atoms with Gasteiger partial charge < -0.3 is 5.32 Å². The van der Waals surface area contributed by atoms with E-state index in [9.17, 15) is 4.39 Å². The molecule has 0 bridgehead atoms. The van der Waals surface area contributed by atoms with E-state index >= 15 is 0 Å². The van der Waals surface area contributed by atoms with E-state index in [-0.39, 0.29) is 5.82 Å². The molecule has 0 saturated carbocycles. The summed E-state index contributed by atoms with van der Waals surface area (Å²) >= 11 is 5.94. The van der Waals surface area contributed by atoms with Crippen LogP contribution in [-0.2, 0) is 6.42 Å². The first-order valence-corrected chi connectivity index (χ1v) is 7.27. The summed E-state index contributed by atoms with van der Waals surface area (Å²) in [5, 5.41) is 4.11. The van der Waals surface area contributed by atoms with Gasteiger partial charge in [-0.1, -0.05) is 42.8 Å². The zero-order valence-electron chi connectivity index (χ0n) is 11.6. The number of nitrogens with one attached hydrogen (secondary N) is 1. The number of hydrogen-bond acceptors (Lipinski definition) is 1. The Labute approximate surface area is 124 Å². The fraction of sp³-hybridized carbons (Fsp3) is 0.294. The van der Waals surface area contributed by atoms with E-state index in [4.69, 9.17) is 11.6 Å². The van der Waals surface area contributed by atoms with Gasteiger partial charge in [-0.05, 0) is 48.4 Å². The van der Waals surface area contributed by atoms with E-state index in [1.807, 2.05) is 30.3 Å². The van der Waals surface area contributed by atoms with E-state index in [2.05, 4.69) is 12.2 Å². The van der Waals surface area contributed by atoms with Crippen molar-refractivity contribution in [2.24, 2.45) is 0 Å². The molecule has 106 valence electrons. The second kappa shape index (κ2) is 7.41. The molecule has 0 radical (unpaired) electrons. The lowest BCUT2D eigenvalue weighted by Gasteiger charge is -2.18. The third kappa shape index (κ3) is 4.32. The Morgan fingerprint density at radius 1 is 1.15 bits per heavy atom. The number of benzene rings is 2. The van der Waals surface area contributed by atoms with E-state index in [0.29, 0.717) is 5.92 Å². The van der Waals surface area contributed by atoms with Gasteiger partial charge in [-0.25, -0.2) is 4.39 Å². The Morgan fingerprint density at radius 2 is 1.90 bits per heavy atom. The van der Waals surface area contributed by atoms with Crippen LogP contribution in [0.15, 0.2) is 48.5 Å². The quantitative estimate of drug-likeness (QED) is 0.831. The minimum absolute atomic E-state index is 0.180. The van der Waals surface area contributed by atoms with Crippen LogP contribution in [0.2, 0.25) is 5.02 Å². The summed E-state index contributed by atoms with van der Waals surface area (Å²) in [6.07, 6.45) is 0.812. The molecule has 3 heteroatoms. The lowest BCUT2D eigenvalue weighted by atomic mass is 9.92. The fourth-order valence-electron chi connectivity index (χ4n) is 2.31. The summed E-state index contributed by atoms with van der Waals surface area (Å²) in [6, 6.07) is 14.7. The van der Waals surface area contributed by atoms with Gasteiger partial charge in [-0.2, -0.15) is 0 Å². The zero-order chi connectivity index (χ0) is 14.4. The van der Waals surface area contributed by atoms with Crippen LogP contribution in [0.1, 0.15) is 24.0 Å². The highest BCUT2D eigenvalue weighted by atomic mass is 35.5. The highest BCUT2D eigenvalue weighted by molar-refractivity contribution is 6.30. The van der Waals surface area contributed by atoms with Crippen LogP contribution in [0.3, 0.4) is 0 Å². The molecule has 0 aliphatic rings. The van der Waals surface area contributed by atoms with Crippen molar-refractivity contribution < 1.29 is 4.39 Å². The van der Waals surface area contributed by atoms with Crippen molar-refractivity contribution in [3.05, 3.63) is 70.5 Å². The molecule has 1 atom stereocenters. The lowest BCUT2D eigenvalue weighted by molar-refractivity contribution is 0.588. The molecule has 0 saturated heterocycles. The van der Waals surface area contributed by atoms with Crippen LogP contribution < -0.4 is 5.32 Å². The Hall–Kier alpha value is -1.38. The summed E-state index contributed by atoms with van der Waals surface area (Å²) in [7, 11) is 0. The molecule has 0 spiro atoms. The first-order valence-electron chi connectivity index (χ1n) is 6.89. The largest absolute Gasteiger partial charge is 0.316 e. The Bertz CT molecular complexity index is 539. The van der Waals surface area contributed by atoms with Crippen molar-refractivity contribution in [2.45, 2.75) is 19.3 Å². The van der Waals surface area contributed by atoms with Gasteiger partial charge in [0.2, 0.25) is 0 Å². The van der Waals surface area contributed by atoms with Crippen molar-refractivity contribution in [1.29, 1.82) is 0 Å². The molecule has 0 aliphatic heterocycles. The summed E-state index contributed by atoms with van der Waals surface area (Å²) < 4.78 is 13.3. The SMILES string of the molecule is CCNCC(Cc1cccc(F)c1)c1ccc(Cl)cc1. The fourth-order valence-corrected chi connectivity index (χ4v) is 2.44. The maximum Gasteiger partial charge on any atom is 0.123 e. The second-order valence-corrected chi connectivity index (χ2v) is 5.33. The summed E-state index contributed by atoms with van der Waals surface area (Å²) in [5.74, 6) is 0.134. The van der Waals surface area contributed by atoms with Crippen molar-refractivity contribution in [3.63, 3.8) is 0 Å². The van der Waals surface area contributed by atoms with Crippen LogP contribution in [-0.4, -0.2) is 13.1 Å². The maximum atomic E-state index is 13.3. The van der Waals surface area contributed by atoms with Gasteiger partial charge >= 0.3 is 0 Å². The first kappa shape index (κ1) is 15.0. The van der Waals surface area contributed by atoms with Gasteiger partial charge in [0.15, 0.2) is 0 Å². The zero-order valence-corrected chi connectivity index (χ0v) is 12.3. The van der Waals surface area contributed by atoms with E-state index < -0.39 is 0 Å². The molecule has 2 aromatic carbocycles. The average Bonchev–Trinajstić information content (AvgIpc) is 2.44. The predicted molar refractivity (Wildman–Crippen MR) is 82.8 cm³/mol.